The Morgan fingerprint density at radius 1 is 1.29 bits per heavy atom. The maximum Gasteiger partial charge on any atom is 0.359 e. The summed E-state index contributed by atoms with van der Waals surface area (Å²) in [6, 6.07) is 9.58. The van der Waals surface area contributed by atoms with Crippen LogP contribution in [0.5, 0.6) is 0 Å². The number of nitrogens with one attached hydrogen (secondary N) is 1. The van der Waals surface area contributed by atoms with E-state index in [4.69, 9.17) is 9.15 Å². The van der Waals surface area contributed by atoms with Gasteiger partial charge in [0, 0.05) is 11.3 Å². The summed E-state index contributed by atoms with van der Waals surface area (Å²) in [6.07, 6.45) is 3.33. The first-order chi connectivity index (χ1) is 11.7. The highest BCUT2D eigenvalue weighted by Gasteiger charge is 2.14. The molecule has 0 aliphatic rings. The first kappa shape index (κ1) is 16.0. The minimum atomic E-state index is -0.478. The van der Waals surface area contributed by atoms with Gasteiger partial charge in [-0.15, -0.1) is 0 Å². The molecule has 0 unspecified atom stereocenters. The van der Waals surface area contributed by atoms with Gasteiger partial charge in [-0.1, -0.05) is 31.0 Å². The standard InChI is InChI=1S/C18H19N3O3/c1-3-4-14-9-16(21-20-14)18(22)24-11-15-10-23-17(19-15)13-7-5-12(2)6-8-13/h5-10H,3-4,11H2,1-2H3,(H,20,21). The molecule has 2 aromatic heterocycles. The molecule has 0 bridgehead atoms. The van der Waals surface area contributed by atoms with Crippen LogP contribution < -0.4 is 0 Å². The van der Waals surface area contributed by atoms with E-state index in [1.165, 1.54) is 11.8 Å². The monoisotopic (exact) mass is 325 g/mol. The average molecular weight is 325 g/mol. The SMILES string of the molecule is CCCc1cc(C(=O)OCc2coc(-c3ccc(C)cc3)n2)n[nH]1. The number of ether oxygens (including phenoxy) is 1. The number of benzene rings is 1. The Morgan fingerprint density at radius 3 is 2.83 bits per heavy atom. The van der Waals surface area contributed by atoms with Crippen molar-refractivity contribution in [3.05, 3.63) is 59.2 Å². The number of rotatable bonds is 6. The molecule has 0 fully saturated rings. The van der Waals surface area contributed by atoms with Crippen LogP contribution in [0.1, 0.15) is 40.8 Å². The predicted octanol–water partition coefficient (Wildman–Crippen LogP) is 3.68. The summed E-state index contributed by atoms with van der Waals surface area (Å²) < 4.78 is 10.7. The maximum absolute atomic E-state index is 12.0. The molecule has 1 N–H and O–H groups in total. The third-order valence-electron chi connectivity index (χ3n) is 3.56. The molecule has 3 rings (SSSR count). The number of aryl methyl sites for hydroxylation is 2. The minimum Gasteiger partial charge on any atom is -0.454 e. The lowest BCUT2D eigenvalue weighted by molar-refractivity contribution is 0.0460. The van der Waals surface area contributed by atoms with Crippen LogP contribution >= 0.6 is 0 Å². The largest absolute Gasteiger partial charge is 0.454 e. The molecule has 0 spiro atoms. The quantitative estimate of drug-likeness (QED) is 0.699. The van der Waals surface area contributed by atoms with Gasteiger partial charge < -0.3 is 9.15 Å². The summed E-state index contributed by atoms with van der Waals surface area (Å²) in [5.74, 6) is 0.0274. The number of carbonyl (C=O) groups is 1. The molecule has 3 aromatic rings. The second kappa shape index (κ2) is 7.12. The molecule has 124 valence electrons. The van der Waals surface area contributed by atoms with Crippen LogP contribution in [0.4, 0.5) is 0 Å². The van der Waals surface area contributed by atoms with Gasteiger partial charge in [-0.2, -0.15) is 5.10 Å². The lowest BCUT2D eigenvalue weighted by atomic mass is 10.1. The zero-order valence-electron chi connectivity index (χ0n) is 13.7. The van der Waals surface area contributed by atoms with Crippen molar-refractivity contribution in [2.75, 3.05) is 0 Å². The second-order valence-electron chi connectivity index (χ2n) is 5.61. The van der Waals surface area contributed by atoms with Gasteiger partial charge in [0.05, 0.1) is 0 Å². The number of hydrogen-bond donors (Lipinski definition) is 1. The summed E-state index contributed by atoms with van der Waals surface area (Å²) in [5, 5.41) is 6.80. The van der Waals surface area contributed by atoms with Crippen molar-refractivity contribution in [2.45, 2.75) is 33.3 Å². The van der Waals surface area contributed by atoms with Crippen molar-refractivity contribution in [1.29, 1.82) is 0 Å². The van der Waals surface area contributed by atoms with Crippen LogP contribution in [-0.4, -0.2) is 21.2 Å². The number of hydrogen-bond acceptors (Lipinski definition) is 5. The van der Waals surface area contributed by atoms with Crippen LogP contribution in [0.3, 0.4) is 0 Å². The van der Waals surface area contributed by atoms with E-state index < -0.39 is 5.97 Å². The van der Waals surface area contributed by atoms with E-state index in [9.17, 15) is 4.79 Å². The first-order valence-electron chi connectivity index (χ1n) is 7.88. The number of carbonyl (C=O) groups excluding carboxylic acids is 1. The van der Waals surface area contributed by atoms with Gasteiger partial charge in [-0.25, -0.2) is 9.78 Å². The van der Waals surface area contributed by atoms with Crippen molar-refractivity contribution in [3.8, 4) is 11.5 Å². The third-order valence-corrected chi connectivity index (χ3v) is 3.56. The van der Waals surface area contributed by atoms with Gasteiger partial charge in [0.1, 0.15) is 18.6 Å². The highest BCUT2D eigenvalue weighted by Crippen LogP contribution is 2.19. The van der Waals surface area contributed by atoms with Crippen LogP contribution in [0, 0.1) is 6.92 Å². The lowest BCUT2D eigenvalue weighted by Crippen LogP contribution is -2.05. The number of esters is 1. The van der Waals surface area contributed by atoms with E-state index in [0.29, 0.717) is 11.6 Å². The highest BCUT2D eigenvalue weighted by molar-refractivity contribution is 5.87. The Bertz CT molecular complexity index is 818. The lowest BCUT2D eigenvalue weighted by Gasteiger charge is -1.99. The minimum absolute atomic E-state index is 0.0458. The smallest absolute Gasteiger partial charge is 0.359 e. The molecule has 0 saturated heterocycles. The summed E-state index contributed by atoms with van der Waals surface area (Å²) in [6.45, 7) is 4.13. The number of nitrogens with zero attached hydrogens (tertiary/aromatic N) is 2. The normalized spacial score (nSPS) is 10.8. The summed E-state index contributed by atoms with van der Waals surface area (Å²) in [4.78, 5) is 16.3. The Kier molecular flexibility index (Phi) is 4.74. The highest BCUT2D eigenvalue weighted by atomic mass is 16.5. The van der Waals surface area contributed by atoms with Crippen LogP contribution in [-0.2, 0) is 17.8 Å². The van der Waals surface area contributed by atoms with E-state index in [1.54, 1.807) is 6.07 Å². The van der Waals surface area contributed by atoms with E-state index in [-0.39, 0.29) is 12.3 Å². The van der Waals surface area contributed by atoms with Gasteiger partial charge >= 0.3 is 5.97 Å². The van der Waals surface area contributed by atoms with Crippen molar-refractivity contribution in [3.63, 3.8) is 0 Å². The van der Waals surface area contributed by atoms with Gasteiger partial charge in [-0.3, -0.25) is 5.10 Å². The summed E-state index contributed by atoms with van der Waals surface area (Å²) >= 11 is 0. The van der Waals surface area contributed by atoms with Crippen molar-refractivity contribution >= 4 is 5.97 Å². The Hall–Kier alpha value is -2.89. The van der Waals surface area contributed by atoms with E-state index in [0.717, 1.165) is 24.1 Å². The number of aromatic amines is 1. The van der Waals surface area contributed by atoms with E-state index in [1.807, 2.05) is 31.2 Å². The van der Waals surface area contributed by atoms with Crippen molar-refractivity contribution < 1.29 is 13.9 Å². The van der Waals surface area contributed by atoms with Crippen molar-refractivity contribution in [1.82, 2.24) is 15.2 Å². The number of oxazole rings is 1. The number of H-pyrrole nitrogens is 1. The molecule has 24 heavy (non-hydrogen) atoms. The van der Waals surface area contributed by atoms with E-state index >= 15 is 0 Å². The maximum atomic E-state index is 12.0. The molecule has 6 heteroatoms. The topological polar surface area (TPSA) is 81.0 Å². The third kappa shape index (κ3) is 3.71. The van der Waals surface area contributed by atoms with Crippen molar-refractivity contribution in [2.24, 2.45) is 0 Å². The molecule has 0 aliphatic carbocycles. The van der Waals surface area contributed by atoms with Crippen LogP contribution in [0.25, 0.3) is 11.5 Å². The fraction of sp³-hybridized carbons (Fsp3) is 0.278. The van der Waals surface area contributed by atoms with Crippen LogP contribution in [0.2, 0.25) is 0 Å². The van der Waals surface area contributed by atoms with Gasteiger partial charge in [0.25, 0.3) is 0 Å². The Labute approximate surface area is 139 Å². The van der Waals surface area contributed by atoms with Gasteiger partial charge in [0.15, 0.2) is 5.69 Å². The second-order valence-corrected chi connectivity index (χ2v) is 5.61. The number of aromatic nitrogens is 3. The summed E-state index contributed by atoms with van der Waals surface area (Å²) in [7, 11) is 0. The average Bonchev–Trinajstić information content (AvgIpc) is 3.23. The molecule has 0 radical (unpaired) electrons. The zero-order chi connectivity index (χ0) is 16.9. The van der Waals surface area contributed by atoms with E-state index in [2.05, 4.69) is 22.1 Å². The molecule has 0 atom stereocenters. The zero-order valence-corrected chi connectivity index (χ0v) is 13.7. The molecular formula is C18H19N3O3. The Balaban J connectivity index is 1.60. The van der Waals surface area contributed by atoms with Gasteiger partial charge in [0.2, 0.25) is 5.89 Å². The van der Waals surface area contributed by atoms with Crippen LogP contribution in [0.15, 0.2) is 41.0 Å². The Morgan fingerprint density at radius 2 is 2.08 bits per heavy atom. The molecule has 1 aromatic carbocycles. The first-order valence-corrected chi connectivity index (χ1v) is 7.88. The van der Waals surface area contributed by atoms with Gasteiger partial charge in [-0.05, 0) is 31.5 Å². The molecule has 0 aliphatic heterocycles. The predicted molar refractivity (Wildman–Crippen MR) is 88.4 cm³/mol. The molecular weight excluding hydrogens is 306 g/mol. The molecule has 0 amide bonds. The molecule has 0 saturated carbocycles. The molecule has 2 heterocycles. The fourth-order valence-corrected chi connectivity index (χ4v) is 2.28. The fourth-order valence-electron chi connectivity index (χ4n) is 2.28. The summed E-state index contributed by atoms with van der Waals surface area (Å²) in [5.41, 5.74) is 3.81. The molecule has 6 nitrogen and oxygen atoms in total.